The maximum Gasteiger partial charge on any atom is 0.267 e. The lowest BCUT2D eigenvalue weighted by Crippen LogP contribution is -2.11. The highest BCUT2D eigenvalue weighted by atomic mass is 32.2. The smallest absolute Gasteiger partial charge is 0.267 e. The Morgan fingerprint density at radius 1 is 0.457 bits per heavy atom. The second-order valence-corrected chi connectivity index (χ2v) is 12.4. The van der Waals surface area contributed by atoms with Crippen LogP contribution in [0, 0.1) is 0 Å². The molecular formula is C30H61FO3S. The summed E-state index contributed by atoms with van der Waals surface area (Å²) in [7, 11) is -3.35. The van der Waals surface area contributed by atoms with Crippen LogP contribution < -0.4 is 0 Å². The van der Waals surface area contributed by atoms with Gasteiger partial charge in [0.2, 0.25) is 0 Å². The predicted molar refractivity (Wildman–Crippen MR) is 151 cm³/mol. The Kier molecular flexibility index (Phi) is 28.3. The predicted octanol–water partition coefficient (Wildman–Crippen LogP) is 10.5. The van der Waals surface area contributed by atoms with Crippen molar-refractivity contribution in [2.45, 2.75) is 174 Å². The fraction of sp³-hybridized carbons (Fsp3) is 1.00. The first kappa shape index (κ1) is 34.8. The van der Waals surface area contributed by atoms with Crippen molar-refractivity contribution >= 4 is 10.1 Å². The highest BCUT2D eigenvalue weighted by Crippen LogP contribution is 2.15. The molecule has 0 aromatic rings. The second-order valence-electron chi connectivity index (χ2n) is 10.6. The van der Waals surface area contributed by atoms with Crippen molar-refractivity contribution < 1.29 is 17.0 Å². The minimum absolute atomic E-state index is 0.155. The van der Waals surface area contributed by atoms with Crippen LogP contribution in [0.5, 0.6) is 0 Å². The molecule has 0 spiro atoms. The number of hydrogen-bond donors (Lipinski definition) is 0. The Bertz CT molecular complexity index is 496. The molecule has 0 atom stereocenters. The lowest BCUT2D eigenvalue weighted by Gasteiger charge is -2.06. The SMILES string of the molecule is CCCCCCCCCCCCCCCCCCCOS(=O)(=O)CCCCCCCCCCCF. The van der Waals surface area contributed by atoms with E-state index in [0.717, 1.165) is 44.9 Å². The second kappa shape index (κ2) is 28.4. The van der Waals surface area contributed by atoms with Gasteiger partial charge < -0.3 is 0 Å². The summed E-state index contributed by atoms with van der Waals surface area (Å²) in [6, 6.07) is 0. The monoisotopic (exact) mass is 520 g/mol. The van der Waals surface area contributed by atoms with Crippen LogP contribution in [-0.4, -0.2) is 27.5 Å². The summed E-state index contributed by atoms with van der Waals surface area (Å²) in [4.78, 5) is 0. The fourth-order valence-corrected chi connectivity index (χ4v) is 5.73. The third-order valence-electron chi connectivity index (χ3n) is 7.04. The molecule has 0 radical (unpaired) electrons. The highest BCUT2D eigenvalue weighted by molar-refractivity contribution is 7.86. The Balaban J connectivity index is 3.27. The molecule has 35 heavy (non-hydrogen) atoms. The summed E-state index contributed by atoms with van der Waals surface area (Å²) < 4.78 is 41.1. The van der Waals surface area contributed by atoms with E-state index in [1.165, 1.54) is 109 Å². The van der Waals surface area contributed by atoms with Gasteiger partial charge in [0.15, 0.2) is 0 Å². The minimum Gasteiger partial charge on any atom is -0.270 e. The molecule has 0 N–H and O–H groups in total. The van der Waals surface area contributed by atoms with Crippen molar-refractivity contribution in [3.63, 3.8) is 0 Å². The van der Waals surface area contributed by atoms with E-state index < -0.39 is 10.1 Å². The Labute approximate surface area is 219 Å². The molecule has 0 unspecified atom stereocenters. The fourth-order valence-electron chi connectivity index (χ4n) is 4.68. The van der Waals surface area contributed by atoms with E-state index in [9.17, 15) is 12.8 Å². The zero-order valence-corrected chi connectivity index (χ0v) is 24.3. The van der Waals surface area contributed by atoms with Gasteiger partial charge in [-0.25, -0.2) is 0 Å². The lowest BCUT2D eigenvalue weighted by atomic mass is 10.0. The van der Waals surface area contributed by atoms with Crippen molar-refractivity contribution in [1.82, 2.24) is 0 Å². The van der Waals surface area contributed by atoms with Gasteiger partial charge in [-0.3, -0.25) is 8.57 Å². The number of hydrogen-bond acceptors (Lipinski definition) is 3. The first-order valence-corrected chi connectivity index (χ1v) is 17.1. The van der Waals surface area contributed by atoms with E-state index in [1.807, 2.05) is 0 Å². The summed E-state index contributed by atoms with van der Waals surface area (Å²) in [5.41, 5.74) is 0. The molecule has 0 rings (SSSR count). The zero-order valence-electron chi connectivity index (χ0n) is 23.5. The number of rotatable bonds is 30. The van der Waals surface area contributed by atoms with Crippen LogP contribution in [0.25, 0.3) is 0 Å². The Hall–Kier alpha value is -0.160. The zero-order chi connectivity index (χ0) is 25.7. The molecule has 0 aliphatic rings. The van der Waals surface area contributed by atoms with Crippen molar-refractivity contribution in [3.8, 4) is 0 Å². The molecule has 0 aliphatic carbocycles. The van der Waals surface area contributed by atoms with E-state index in [4.69, 9.17) is 4.18 Å². The quantitative estimate of drug-likeness (QED) is 0.0698. The first-order valence-electron chi connectivity index (χ1n) is 15.6. The van der Waals surface area contributed by atoms with E-state index in [0.29, 0.717) is 19.4 Å². The van der Waals surface area contributed by atoms with Gasteiger partial charge in [0.1, 0.15) is 0 Å². The van der Waals surface area contributed by atoms with Gasteiger partial charge in [-0.2, -0.15) is 8.42 Å². The van der Waals surface area contributed by atoms with E-state index in [1.54, 1.807) is 0 Å². The van der Waals surface area contributed by atoms with Gasteiger partial charge in [-0.05, 0) is 19.3 Å². The van der Waals surface area contributed by atoms with E-state index >= 15 is 0 Å². The number of halogens is 1. The topological polar surface area (TPSA) is 43.4 Å². The third-order valence-corrected chi connectivity index (χ3v) is 8.35. The number of unbranched alkanes of at least 4 members (excludes halogenated alkanes) is 24. The minimum atomic E-state index is -3.35. The molecule has 3 nitrogen and oxygen atoms in total. The normalized spacial score (nSPS) is 11.9. The van der Waals surface area contributed by atoms with Crippen LogP contribution in [0.1, 0.15) is 174 Å². The summed E-state index contributed by atoms with van der Waals surface area (Å²) in [5.74, 6) is 0.155. The summed E-state index contributed by atoms with van der Waals surface area (Å²) >= 11 is 0. The maximum atomic E-state index is 12.0. The van der Waals surface area contributed by atoms with Crippen molar-refractivity contribution in [3.05, 3.63) is 0 Å². The van der Waals surface area contributed by atoms with Crippen LogP contribution in [0.4, 0.5) is 4.39 Å². The molecule has 0 fully saturated rings. The molecule has 5 heteroatoms. The molecule has 0 saturated heterocycles. The van der Waals surface area contributed by atoms with Crippen LogP contribution in [-0.2, 0) is 14.3 Å². The van der Waals surface area contributed by atoms with Crippen LogP contribution in [0.3, 0.4) is 0 Å². The van der Waals surface area contributed by atoms with Crippen LogP contribution in [0.2, 0.25) is 0 Å². The molecule has 0 aromatic carbocycles. The molecule has 0 aliphatic heterocycles. The molecule has 0 heterocycles. The molecule has 212 valence electrons. The molecule has 0 bridgehead atoms. The Morgan fingerprint density at radius 2 is 0.771 bits per heavy atom. The van der Waals surface area contributed by atoms with Gasteiger partial charge in [0, 0.05) is 0 Å². The van der Waals surface area contributed by atoms with E-state index in [2.05, 4.69) is 6.92 Å². The van der Waals surface area contributed by atoms with E-state index in [-0.39, 0.29) is 12.4 Å². The largest absolute Gasteiger partial charge is 0.270 e. The lowest BCUT2D eigenvalue weighted by molar-refractivity contribution is 0.305. The standard InChI is InChI=1S/C30H61FO3S/c1-2-3-4-5-6-7-8-9-10-11-12-13-14-17-20-23-26-29-34-35(32,33)30-27-24-21-18-15-16-19-22-25-28-31/h2-30H2,1H3. The van der Waals surface area contributed by atoms with Crippen molar-refractivity contribution in [2.24, 2.45) is 0 Å². The summed E-state index contributed by atoms with van der Waals surface area (Å²) in [6.07, 6.45) is 31.5. The third kappa shape index (κ3) is 30.0. The molecular weight excluding hydrogens is 459 g/mol. The van der Waals surface area contributed by atoms with Crippen molar-refractivity contribution in [1.29, 1.82) is 0 Å². The molecule has 0 amide bonds. The van der Waals surface area contributed by atoms with Gasteiger partial charge in [0.25, 0.3) is 10.1 Å². The van der Waals surface area contributed by atoms with Gasteiger partial charge in [0.05, 0.1) is 19.0 Å². The van der Waals surface area contributed by atoms with Gasteiger partial charge >= 0.3 is 0 Å². The maximum absolute atomic E-state index is 12.0. The summed E-state index contributed by atoms with van der Waals surface area (Å²) in [6.45, 7) is 2.43. The van der Waals surface area contributed by atoms with Crippen molar-refractivity contribution in [2.75, 3.05) is 19.0 Å². The average molecular weight is 521 g/mol. The summed E-state index contributed by atoms with van der Waals surface area (Å²) in [5, 5.41) is 0. The van der Waals surface area contributed by atoms with Crippen LogP contribution >= 0.6 is 0 Å². The average Bonchev–Trinajstić information content (AvgIpc) is 2.84. The molecule has 0 aromatic heterocycles. The van der Waals surface area contributed by atoms with Gasteiger partial charge in [-0.1, -0.05) is 155 Å². The molecule has 0 saturated carbocycles. The van der Waals surface area contributed by atoms with Crippen LogP contribution in [0.15, 0.2) is 0 Å². The Morgan fingerprint density at radius 3 is 1.14 bits per heavy atom. The van der Waals surface area contributed by atoms with Gasteiger partial charge in [-0.15, -0.1) is 0 Å². The number of alkyl halides is 1. The highest BCUT2D eigenvalue weighted by Gasteiger charge is 2.10. The first-order chi connectivity index (χ1) is 17.1.